The van der Waals surface area contributed by atoms with Gasteiger partial charge in [-0.2, -0.15) is 0 Å². The van der Waals surface area contributed by atoms with E-state index in [0.717, 1.165) is 17.0 Å². The highest BCUT2D eigenvalue weighted by molar-refractivity contribution is 7.98. The van der Waals surface area contributed by atoms with Gasteiger partial charge in [-0.3, -0.25) is 9.59 Å². The molecule has 36 heavy (non-hydrogen) atoms. The second-order valence-corrected chi connectivity index (χ2v) is 10.9. The summed E-state index contributed by atoms with van der Waals surface area (Å²) in [6, 6.07) is 14.1. The summed E-state index contributed by atoms with van der Waals surface area (Å²) in [7, 11) is 0. The third-order valence-corrected chi connectivity index (χ3v) is 7.47. The zero-order valence-electron chi connectivity index (χ0n) is 20.5. The third kappa shape index (κ3) is 4.69. The van der Waals surface area contributed by atoms with Crippen LogP contribution in [0.4, 0.5) is 10.2 Å². The second-order valence-electron chi connectivity index (χ2n) is 9.91. The number of rotatable bonds is 6. The maximum absolute atomic E-state index is 14.1. The first-order chi connectivity index (χ1) is 17.3. The molecule has 0 saturated carbocycles. The molecule has 0 fully saturated rings. The molecule has 2 heterocycles. The van der Waals surface area contributed by atoms with E-state index in [1.54, 1.807) is 18.2 Å². The van der Waals surface area contributed by atoms with Gasteiger partial charge in [0.25, 0.3) is 5.56 Å². The molecule has 1 aromatic heterocycles. The smallest absolute Gasteiger partial charge is 0.257 e. The van der Waals surface area contributed by atoms with Crippen molar-refractivity contribution >= 4 is 23.4 Å². The molecule has 1 unspecified atom stereocenters. The zero-order chi connectivity index (χ0) is 25.4. The predicted molar refractivity (Wildman–Crippen MR) is 139 cm³/mol. The molecule has 8 heteroatoms. The Morgan fingerprint density at radius 3 is 2.58 bits per heavy atom. The van der Waals surface area contributed by atoms with Crippen molar-refractivity contribution in [2.24, 2.45) is 5.41 Å². The number of carbonyl (C=O) groups excluding carboxylic acids is 1. The van der Waals surface area contributed by atoms with Crippen LogP contribution in [0, 0.1) is 11.2 Å². The fourth-order valence-electron chi connectivity index (χ4n) is 4.98. The molecule has 2 aromatic carbocycles. The monoisotopic (exact) mass is 505 g/mol. The summed E-state index contributed by atoms with van der Waals surface area (Å²) < 4.78 is 19.7. The molecule has 0 spiro atoms. The first kappa shape index (κ1) is 24.3. The van der Waals surface area contributed by atoms with Gasteiger partial charge in [-0.05, 0) is 48.1 Å². The van der Waals surface area contributed by atoms with E-state index in [-0.39, 0.29) is 22.6 Å². The van der Waals surface area contributed by atoms with Crippen molar-refractivity contribution in [3.8, 4) is 5.75 Å². The van der Waals surface area contributed by atoms with E-state index in [0.29, 0.717) is 52.9 Å². The van der Waals surface area contributed by atoms with E-state index >= 15 is 0 Å². The van der Waals surface area contributed by atoms with E-state index in [2.05, 4.69) is 24.1 Å². The van der Waals surface area contributed by atoms with Gasteiger partial charge in [0.2, 0.25) is 0 Å². The van der Waals surface area contributed by atoms with Crippen molar-refractivity contribution in [2.45, 2.75) is 50.4 Å². The molecule has 0 bridgehead atoms. The zero-order valence-corrected chi connectivity index (χ0v) is 21.3. The van der Waals surface area contributed by atoms with Crippen LogP contribution in [0.25, 0.3) is 0 Å². The minimum absolute atomic E-state index is 0.0377. The number of anilines is 1. The molecule has 1 atom stereocenters. The summed E-state index contributed by atoms with van der Waals surface area (Å²) in [5.74, 6) is 0.714. The molecular weight excluding hydrogens is 477 g/mol. The topological polar surface area (TPSA) is 84.1 Å². The largest absolute Gasteiger partial charge is 0.494 e. The van der Waals surface area contributed by atoms with Crippen molar-refractivity contribution in [3.63, 3.8) is 0 Å². The summed E-state index contributed by atoms with van der Waals surface area (Å²) in [5.41, 5.74) is 2.71. The van der Waals surface area contributed by atoms with E-state index in [1.165, 1.54) is 17.8 Å². The molecule has 1 aliphatic heterocycles. The molecule has 0 saturated heterocycles. The van der Waals surface area contributed by atoms with Gasteiger partial charge in [0.15, 0.2) is 10.9 Å². The number of carbonyl (C=O) groups is 1. The normalized spacial score (nSPS) is 18.3. The lowest BCUT2D eigenvalue weighted by Crippen LogP contribution is -2.37. The SMILES string of the molecule is CCOc1ccc(C2C3=C(CC(C)(C)CC3=O)Nc3nc(SCc4ccccc4F)[nH]c(=O)c32)cc1. The van der Waals surface area contributed by atoms with E-state index in [1.807, 2.05) is 31.2 Å². The summed E-state index contributed by atoms with van der Waals surface area (Å²) >= 11 is 1.26. The Labute approximate surface area is 213 Å². The minimum atomic E-state index is -0.530. The lowest BCUT2D eigenvalue weighted by Gasteiger charge is -2.38. The number of aromatic amines is 1. The van der Waals surface area contributed by atoms with Gasteiger partial charge >= 0.3 is 0 Å². The number of halogens is 1. The lowest BCUT2D eigenvalue weighted by molar-refractivity contribution is -0.118. The number of H-pyrrole nitrogens is 1. The number of nitrogens with zero attached hydrogens (tertiary/aromatic N) is 1. The highest BCUT2D eigenvalue weighted by Crippen LogP contribution is 2.47. The standard InChI is InChI=1S/C28H28FN3O3S/c1-4-35-18-11-9-16(10-12-18)22-23-20(13-28(2,3)14-21(23)33)30-25-24(22)26(34)32-27(31-25)36-15-17-7-5-6-8-19(17)29/h5-12,22H,4,13-15H2,1-3H3,(H2,30,31,32,34). The molecule has 2 N–H and O–H groups in total. The van der Waals surface area contributed by atoms with Crippen molar-refractivity contribution < 1.29 is 13.9 Å². The minimum Gasteiger partial charge on any atom is -0.494 e. The van der Waals surface area contributed by atoms with Crippen molar-refractivity contribution in [3.05, 3.63) is 92.7 Å². The van der Waals surface area contributed by atoms with Crippen molar-refractivity contribution in [1.29, 1.82) is 0 Å². The molecule has 5 rings (SSSR count). The summed E-state index contributed by atoms with van der Waals surface area (Å²) in [6.45, 7) is 6.61. The highest BCUT2D eigenvalue weighted by Gasteiger charge is 2.42. The van der Waals surface area contributed by atoms with Gasteiger partial charge < -0.3 is 15.0 Å². The van der Waals surface area contributed by atoms with Crippen LogP contribution in [0.1, 0.15) is 56.2 Å². The number of ether oxygens (including phenoxy) is 1. The number of nitrogens with one attached hydrogen (secondary N) is 2. The number of hydrogen-bond acceptors (Lipinski definition) is 6. The van der Waals surface area contributed by atoms with E-state index in [9.17, 15) is 14.0 Å². The predicted octanol–water partition coefficient (Wildman–Crippen LogP) is 5.80. The number of benzene rings is 2. The van der Waals surface area contributed by atoms with Crippen molar-refractivity contribution in [2.75, 3.05) is 11.9 Å². The number of fused-ring (bicyclic) bond motifs is 1. The number of allylic oxidation sites excluding steroid dienone is 2. The first-order valence-electron chi connectivity index (χ1n) is 12.0. The Balaban J connectivity index is 1.57. The quantitative estimate of drug-likeness (QED) is 0.325. The Morgan fingerprint density at radius 2 is 1.86 bits per heavy atom. The fourth-order valence-corrected chi connectivity index (χ4v) is 5.83. The average Bonchev–Trinajstić information content (AvgIpc) is 2.82. The highest BCUT2D eigenvalue weighted by atomic mass is 32.2. The van der Waals surface area contributed by atoms with Crippen LogP contribution in [0.3, 0.4) is 0 Å². The van der Waals surface area contributed by atoms with Crippen LogP contribution in [0.2, 0.25) is 0 Å². The molecule has 1 aliphatic carbocycles. The Morgan fingerprint density at radius 1 is 1.11 bits per heavy atom. The number of hydrogen-bond donors (Lipinski definition) is 2. The number of ketones is 1. The van der Waals surface area contributed by atoms with Crippen LogP contribution < -0.4 is 15.6 Å². The third-order valence-electron chi connectivity index (χ3n) is 6.55. The van der Waals surface area contributed by atoms with Crippen LogP contribution in [0.5, 0.6) is 5.75 Å². The average molecular weight is 506 g/mol. The number of thioether (sulfide) groups is 1. The Bertz CT molecular complexity index is 1410. The Kier molecular flexibility index (Phi) is 6.47. The molecular formula is C28H28FN3O3S. The van der Waals surface area contributed by atoms with E-state index < -0.39 is 5.92 Å². The molecule has 186 valence electrons. The van der Waals surface area contributed by atoms with Crippen LogP contribution in [0.15, 0.2) is 69.8 Å². The van der Waals surface area contributed by atoms with Crippen LogP contribution in [-0.4, -0.2) is 22.4 Å². The first-order valence-corrected chi connectivity index (χ1v) is 13.0. The molecule has 3 aromatic rings. The van der Waals surface area contributed by atoms with E-state index in [4.69, 9.17) is 9.72 Å². The van der Waals surface area contributed by atoms with Crippen molar-refractivity contribution in [1.82, 2.24) is 9.97 Å². The number of Topliss-reactive ketones (excluding diaryl/α,β-unsaturated/α-hetero) is 1. The maximum Gasteiger partial charge on any atom is 0.257 e. The molecule has 0 radical (unpaired) electrons. The van der Waals surface area contributed by atoms with Gasteiger partial charge in [-0.25, -0.2) is 9.37 Å². The van der Waals surface area contributed by atoms with Crippen LogP contribution >= 0.6 is 11.8 Å². The van der Waals surface area contributed by atoms with Gasteiger partial charge in [0.05, 0.1) is 12.2 Å². The van der Waals surface area contributed by atoms with Gasteiger partial charge in [0.1, 0.15) is 17.4 Å². The van der Waals surface area contributed by atoms with Gasteiger partial charge in [-0.1, -0.05) is 55.9 Å². The fraction of sp³-hybridized carbons (Fsp3) is 0.321. The van der Waals surface area contributed by atoms with Gasteiger partial charge in [-0.15, -0.1) is 0 Å². The van der Waals surface area contributed by atoms with Gasteiger partial charge in [0, 0.05) is 29.4 Å². The molecule has 0 amide bonds. The molecule has 2 aliphatic rings. The number of aromatic nitrogens is 2. The second kappa shape index (κ2) is 9.58. The summed E-state index contributed by atoms with van der Waals surface area (Å²) in [4.78, 5) is 34.4. The summed E-state index contributed by atoms with van der Waals surface area (Å²) in [6.07, 6.45) is 1.09. The molecule has 6 nitrogen and oxygen atoms in total. The summed E-state index contributed by atoms with van der Waals surface area (Å²) in [5, 5.41) is 3.72. The lowest BCUT2D eigenvalue weighted by atomic mass is 9.69. The van der Waals surface area contributed by atoms with Crippen LogP contribution in [-0.2, 0) is 10.5 Å². The Hall–Kier alpha value is -3.39. The maximum atomic E-state index is 14.1.